The Morgan fingerprint density at radius 1 is 1.16 bits per heavy atom. The van der Waals surface area contributed by atoms with Crippen molar-refractivity contribution in [3.05, 3.63) is 23.3 Å². The molecule has 11 nitrogen and oxygen atoms in total. The highest BCUT2D eigenvalue weighted by Gasteiger charge is 2.44. The third-order valence-electron chi connectivity index (χ3n) is 5.33. The fourth-order valence-corrected chi connectivity index (χ4v) is 3.06. The molecule has 0 amide bonds. The predicted molar refractivity (Wildman–Crippen MR) is 111 cm³/mol. The number of allylic oxidation sites excluding steroid dienone is 1. The fraction of sp³-hybridized carbons (Fsp3) is 0.762. The number of aliphatic carboxylic acids is 1. The van der Waals surface area contributed by atoms with Gasteiger partial charge in [-0.15, -0.1) is 0 Å². The van der Waals surface area contributed by atoms with Gasteiger partial charge in [-0.25, -0.2) is 4.79 Å². The van der Waals surface area contributed by atoms with Crippen molar-refractivity contribution in [3.63, 3.8) is 0 Å². The van der Waals surface area contributed by atoms with Crippen LogP contribution in [0.4, 0.5) is 0 Å². The van der Waals surface area contributed by atoms with Gasteiger partial charge in [-0.05, 0) is 44.8 Å². The second-order valence-corrected chi connectivity index (χ2v) is 8.56. The van der Waals surface area contributed by atoms with E-state index < -0.39 is 61.1 Å². The van der Waals surface area contributed by atoms with Gasteiger partial charge < -0.3 is 50.3 Å². The van der Waals surface area contributed by atoms with E-state index in [4.69, 9.17) is 14.6 Å². The highest BCUT2D eigenvalue weighted by atomic mass is 16.7. The van der Waals surface area contributed by atoms with E-state index >= 15 is 0 Å². The van der Waals surface area contributed by atoms with Crippen LogP contribution < -0.4 is 0 Å². The zero-order valence-corrected chi connectivity index (χ0v) is 18.5. The Morgan fingerprint density at radius 2 is 1.78 bits per heavy atom. The average Bonchev–Trinajstić information content (AvgIpc) is 2.69. The average molecular weight is 465 g/mol. The molecule has 1 saturated heterocycles. The lowest BCUT2D eigenvalue weighted by Gasteiger charge is -2.39. The van der Waals surface area contributed by atoms with Gasteiger partial charge in [-0.3, -0.25) is 0 Å². The van der Waals surface area contributed by atoms with Gasteiger partial charge >= 0.3 is 5.97 Å². The number of rotatable bonds is 12. The molecule has 1 heterocycles. The minimum Gasteiger partial charge on any atom is -0.478 e. The predicted octanol–water partition coefficient (Wildman–Crippen LogP) is -1.58. The van der Waals surface area contributed by atoms with Gasteiger partial charge in [0.25, 0.3) is 0 Å². The summed E-state index contributed by atoms with van der Waals surface area (Å²) >= 11 is 0. The minimum atomic E-state index is -1.61. The van der Waals surface area contributed by atoms with Crippen LogP contribution in [0.2, 0.25) is 0 Å². The number of aliphatic hydroxyl groups excluding tert-OH is 6. The van der Waals surface area contributed by atoms with Crippen LogP contribution in [0.25, 0.3) is 0 Å². The quantitative estimate of drug-likeness (QED) is 0.123. The zero-order valence-electron chi connectivity index (χ0n) is 18.5. The molecule has 1 aliphatic rings. The van der Waals surface area contributed by atoms with Gasteiger partial charge in [-0.1, -0.05) is 6.08 Å². The van der Waals surface area contributed by atoms with E-state index in [2.05, 4.69) is 0 Å². The van der Waals surface area contributed by atoms with Crippen molar-refractivity contribution in [3.8, 4) is 0 Å². The molecule has 0 aromatic rings. The van der Waals surface area contributed by atoms with Crippen LogP contribution in [-0.4, -0.2) is 109 Å². The molecule has 0 aromatic heterocycles. The van der Waals surface area contributed by atoms with Crippen molar-refractivity contribution >= 4 is 5.97 Å². The molecule has 186 valence electrons. The smallest absolute Gasteiger partial charge is 0.328 e. The summed E-state index contributed by atoms with van der Waals surface area (Å²) in [6.07, 6.45) is -6.29. The van der Waals surface area contributed by atoms with Crippen molar-refractivity contribution in [2.24, 2.45) is 0 Å². The summed E-state index contributed by atoms with van der Waals surface area (Å²) in [6.45, 7) is 3.63. The number of carboxylic acids is 1. The third-order valence-corrected chi connectivity index (χ3v) is 5.33. The maximum Gasteiger partial charge on any atom is 0.328 e. The fourth-order valence-electron chi connectivity index (χ4n) is 3.06. The zero-order chi connectivity index (χ0) is 24.6. The SMILES string of the molecule is C/C(=C\CC/C(=C\C(=O)O)CO[C@@H]1O[C@H](CO)[C@@H](O)[C@H](O)[C@H]1O)[C@H](O)C[C@H](O)C(C)(C)O. The molecule has 0 aromatic carbocycles. The second-order valence-electron chi connectivity index (χ2n) is 8.56. The van der Waals surface area contributed by atoms with Crippen molar-refractivity contribution in [2.45, 2.75) is 88.5 Å². The molecule has 1 aliphatic heterocycles. The molecule has 0 unspecified atom stereocenters. The summed E-state index contributed by atoms with van der Waals surface area (Å²) in [7, 11) is 0. The van der Waals surface area contributed by atoms with Gasteiger partial charge in [0.15, 0.2) is 6.29 Å². The van der Waals surface area contributed by atoms with Crippen LogP contribution in [0, 0.1) is 0 Å². The topological polar surface area (TPSA) is 197 Å². The lowest BCUT2D eigenvalue weighted by molar-refractivity contribution is -0.299. The molecular formula is C21H36O11. The number of hydrogen-bond donors (Lipinski definition) is 8. The number of carbonyl (C=O) groups is 1. The number of aliphatic hydroxyl groups is 7. The second kappa shape index (κ2) is 12.7. The highest BCUT2D eigenvalue weighted by Crippen LogP contribution is 2.23. The Kier molecular flexibility index (Phi) is 11.4. The van der Waals surface area contributed by atoms with E-state index in [1.54, 1.807) is 13.0 Å². The maximum absolute atomic E-state index is 11.1. The normalized spacial score (nSPS) is 29.6. The first-order chi connectivity index (χ1) is 14.8. The maximum atomic E-state index is 11.1. The minimum absolute atomic E-state index is 0.0656. The number of hydrogen-bond acceptors (Lipinski definition) is 10. The molecule has 0 saturated carbocycles. The molecule has 7 atom stereocenters. The number of carboxylic acid groups (broad SMARTS) is 1. The summed E-state index contributed by atoms with van der Waals surface area (Å²) in [5.41, 5.74) is -0.497. The summed E-state index contributed by atoms with van der Waals surface area (Å²) in [6, 6.07) is 0. The summed E-state index contributed by atoms with van der Waals surface area (Å²) in [5.74, 6) is -1.22. The van der Waals surface area contributed by atoms with Crippen LogP contribution in [0.1, 0.15) is 40.0 Å². The van der Waals surface area contributed by atoms with Crippen LogP contribution in [0.3, 0.4) is 0 Å². The van der Waals surface area contributed by atoms with Crippen molar-refractivity contribution < 1.29 is 55.1 Å². The van der Waals surface area contributed by atoms with Crippen molar-refractivity contribution in [1.82, 2.24) is 0 Å². The molecule has 0 spiro atoms. The summed E-state index contributed by atoms with van der Waals surface area (Å²) in [5, 5.41) is 77.7. The third kappa shape index (κ3) is 8.85. The molecular weight excluding hydrogens is 428 g/mol. The standard InChI is InChI=1S/C21H36O11/c1-11(13(23)8-15(24)21(2,3)30)5-4-6-12(7-16(25)26)10-31-20-19(29)18(28)17(27)14(9-22)32-20/h5,7,13-15,17-20,22-24,27-30H,4,6,8-10H2,1-3H3,(H,25,26)/b11-5+,12-7+/t13-,14-,15+,17-,18+,19-,20-/m1/s1. The van der Waals surface area contributed by atoms with Crippen LogP contribution >= 0.6 is 0 Å². The van der Waals surface area contributed by atoms with Crippen LogP contribution in [0.5, 0.6) is 0 Å². The lowest BCUT2D eigenvalue weighted by Crippen LogP contribution is -2.59. The molecule has 0 aliphatic carbocycles. The Labute approximate surface area is 186 Å². The first-order valence-corrected chi connectivity index (χ1v) is 10.4. The van der Waals surface area contributed by atoms with E-state index in [0.717, 1.165) is 6.08 Å². The summed E-state index contributed by atoms with van der Waals surface area (Å²) < 4.78 is 10.6. The van der Waals surface area contributed by atoms with E-state index in [0.29, 0.717) is 17.6 Å². The Morgan fingerprint density at radius 3 is 2.31 bits per heavy atom. The van der Waals surface area contributed by atoms with E-state index in [1.165, 1.54) is 13.8 Å². The first-order valence-electron chi connectivity index (χ1n) is 10.4. The van der Waals surface area contributed by atoms with Gasteiger partial charge in [-0.2, -0.15) is 0 Å². The van der Waals surface area contributed by atoms with E-state index in [-0.39, 0.29) is 19.4 Å². The first kappa shape index (κ1) is 28.6. The van der Waals surface area contributed by atoms with Gasteiger partial charge in [0.05, 0.1) is 31.0 Å². The molecule has 32 heavy (non-hydrogen) atoms. The Hall–Kier alpha value is -1.41. The van der Waals surface area contributed by atoms with E-state index in [1.807, 2.05) is 0 Å². The van der Waals surface area contributed by atoms with Gasteiger partial charge in [0.1, 0.15) is 24.4 Å². The number of ether oxygens (including phenoxy) is 2. The lowest BCUT2D eigenvalue weighted by atomic mass is 9.93. The highest BCUT2D eigenvalue weighted by molar-refractivity contribution is 5.80. The van der Waals surface area contributed by atoms with Crippen molar-refractivity contribution in [1.29, 1.82) is 0 Å². The molecule has 0 bridgehead atoms. The Balaban J connectivity index is 2.69. The Bertz CT molecular complexity index is 653. The van der Waals surface area contributed by atoms with Crippen molar-refractivity contribution in [2.75, 3.05) is 13.2 Å². The molecule has 1 rings (SSSR count). The van der Waals surface area contributed by atoms with Crippen LogP contribution in [0.15, 0.2) is 23.3 Å². The van der Waals surface area contributed by atoms with Gasteiger partial charge in [0, 0.05) is 12.5 Å². The van der Waals surface area contributed by atoms with Crippen LogP contribution in [-0.2, 0) is 14.3 Å². The van der Waals surface area contributed by atoms with E-state index in [9.17, 15) is 40.5 Å². The van der Waals surface area contributed by atoms with Gasteiger partial charge in [0.2, 0.25) is 0 Å². The summed E-state index contributed by atoms with van der Waals surface area (Å²) in [4.78, 5) is 11.1. The monoisotopic (exact) mass is 464 g/mol. The molecule has 11 heteroatoms. The molecule has 0 radical (unpaired) electrons. The molecule has 8 N–H and O–H groups in total. The molecule has 1 fully saturated rings. The largest absolute Gasteiger partial charge is 0.478 e.